The van der Waals surface area contributed by atoms with Crippen molar-refractivity contribution in [3.05, 3.63) is 0 Å². The van der Waals surface area contributed by atoms with E-state index in [9.17, 15) is 56.8 Å². The quantitative estimate of drug-likeness (QED) is 0.159. The van der Waals surface area contributed by atoms with E-state index in [1.807, 2.05) is 0 Å². The second kappa shape index (κ2) is 23.7. The van der Waals surface area contributed by atoms with E-state index in [0.717, 1.165) is 0 Å². The number of halogens is 1. The van der Waals surface area contributed by atoms with Crippen molar-refractivity contribution >= 4 is 129 Å². The first-order valence-electron chi connectivity index (χ1n) is 4.03. The van der Waals surface area contributed by atoms with Crippen molar-refractivity contribution in [2.45, 2.75) is 0 Å². The van der Waals surface area contributed by atoms with Gasteiger partial charge in [-0.3, -0.25) is 9.13 Å². The van der Waals surface area contributed by atoms with Crippen LogP contribution < -0.4 is 29.4 Å². The first kappa shape index (κ1) is 43.8. The molecule has 0 fully saturated rings. The molecule has 26 heteroatoms. The van der Waals surface area contributed by atoms with Crippen LogP contribution in [0.5, 0.6) is 0 Å². The van der Waals surface area contributed by atoms with Crippen LogP contribution in [0.4, 0.5) is 0 Å². The molecule has 142 valence electrons. The summed E-state index contributed by atoms with van der Waals surface area (Å²) in [5.74, 6) is 0. The molecule has 0 spiro atoms. The number of hydrogen-bond acceptors (Lipinski definition) is 16. The molecule has 0 rings (SSSR count). The monoisotopic (exact) mass is 564 g/mol. The van der Waals surface area contributed by atoms with E-state index in [-0.39, 0.29) is 69.2 Å². The van der Waals surface area contributed by atoms with Crippen molar-refractivity contribution in [1.82, 2.24) is 0 Å². The van der Waals surface area contributed by atoms with Crippen molar-refractivity contribution in [2.24, 2.45) is 0 Å². The van der Waals surface area contributed by atoms with Crippen LogP contribution in [0.15, 0.2) is 0 Å². The van der Waals surface area contributed by atoms with Gasteiger partial charge in [0, 0.05) is 6.38 Å². The molecule has 0 aliphatic rings. The zero-order valence-electron chi connectivity index (χ0n) is 12.7. The van der Waals surface area contributed by atoms with Gasteiger partial charge < -0.3 is 29.4 Å². The van der Waals surface area contributed by atoms with E-state index < -0.39 is 48.7 Å². The molecule has 4 unspecified atom stereocenters. The molecule has 0 amide bonds. The van der Waals surface area contributed by atoms with Crippen molar-refractivity contribution in [3.63, 3.8) is 0 Å². The molecule has 4 atom stereocenters. The van der Waals surface area contributed by atoms with E-state index in [4.69, 9.17) is 0 Å². The van der Waals surface area contributed by atoms with Crippen LogP contribution in [0.25, 0.3) is 0 Å². The molecule has 0 saturated carbocycles. The van der Waals surface area contributed by atoms with Crippen LogP contribution in [0.2, 0.25) is 0 Å². The molecule has 16 nitrogen and oxygen atoms in total. The van der Waals surface area contributed by atoms with Gasteiger partial charge in [-0.15, -0.1) is 11.6 Å². The summed E-state index contributed by atoms with van der Waals surface area (Å²) in [4.78, 5) is 58.4. The van der Waals surface area contributed by atoms with E-state index in [1.165, 1.54) is 6.38 Å². The molecular formula is CH3ClMg3O16P6+4. The van der Waals surface area contributed by atoms with E-state index in [0.29, 0.717) is 0 Å². The average molecular weight is 565 g/mol. The first-order valence-corrected chi connectivity index (χ1v) is 12.1. The molecule has 0 aliphatic heterocycles. The number of hydrogen-bond donors (Lipinski definition) is 0. The molecule has 0 radical (unpaired) electrons. The Hall–Kier alpha value is 3.05. The Morgan fingerprint density at radius 2 is 0.704 bits per heavy atom. The predicted octanol–water partition coefficient (Wildman–Crippen LogP) is -3.24. The van der Waals surface area contributed by atoms with Gasteiger partial charge in [-0.1, -0.05) is 17.2 Å². The SMILES string of the molecule is CCl.O=[P+]([O-])OP(=O)([O-])O[P+](=O)[O-].O=[P+]([O-])OP(=O)([O-])O[P+](=O)[O-].[Mg+2].[Mg+2].[Mg+2]. The Labute approximate surface area is 208 Å². The Kier molecular flexibility index (Phi) is 38.5. The fourth-order valence-electron chi connectivity index (χ4n) is 0.356. The van der Waals surface area contributed by atoms with Crippen molar-refractivity contribution in [3.8, 4) is 0 Å². The molecule has 0 aliphatic carbocycles. The maximum Gasteiger partial charge on any atom is 2.00 e. The summed E-state index contributed by atoms with van der Waals surface area (Å²) < 4.78 is 70.8. The van der Waals surface area contributed by atoms with Crippen LogP contribution in [0, 0.1) is 0 Å². The van der Waals surface area contributed by atoms with Crippen LogP contribution in [0.3, 0.4) is 0 Å². The van der Waals surface area contributed by atoms with Crippen molar-refractivity contribution in [2.75, 3.05) is 6.38 Å². The van der Waals surface area contributed by atoms with Gasteiger partial charge in [0.25, 0.3) is 0 Å². The summed E-state index contributed by atoms with van der Waals surface area (Å²) in [6, 6.07) is 0. The van der Waals surface area contributed by atoms with Gasteiger partial charge in [-0.25, -0.2) is 0 Å². The van der Waals surface area contributed by atoms with Gasteiger partial charge in [0.2, 0.25) is 0 Å². The summed E-state index contributed by atoms with van der Waals surface area (Å²) in [6.45, 7) is 0. The summed E-state index contributed by atoms with van der Waals surface area (Å²) >= 11 is 4.64. The first-order chi connectivity index (χ1) is 10.7. The van der Waals surface area contributed by atoms with E-state index in [1.54, 1.807) is 0 Å². The molecular weight excluding hydrogens is 562 g/mol. The van der Waals surface area contributed by atoms with Crippen LogP contribution in [0.1, 0.15) is 0 Å². The zero-order valence-corrected chi connectivity index (χ0v) is 23.1. The summed E-state index contributed by atoms with van der Waals surface area (Å²) in [5.41, 5.74) is 0. The number of phosphoric acid groups is 2. The van der Waals surface area contributed by atoms with Gasteiger partial charge in [-0.2, -0.15) is 0 Å². The van der Waals surface area contributed by atoms with Crippen molar-refractivity contribution in [1.29, 1.82) is 0 Å². The molecule has 0 aromatic rings. The van der Waals surface area contributed by atoms with Crippen molar-refractivity contribution < 1.29 is 74.0 Å². The third kappa shape index (κ3) is 40.0. The molecule has 0 saturated heterocycles. The summed E-state index contributed by atoms with van der Waals surface area (Å²) in [5, 5.41) is 0. The van der Waals surface area contributed by atoms with Crippen LogP contribution in [-0.2, 0) is 44.6 Å². The van der Waals surface area contributed by atoms with Crippen LogP contribution >= 0.6 is 60.3 Å². The molecule has 0 N–H and O–H groups in total. The van der Waals surface area contributed by atoms with Gasteiger partial charge in [0.15, 0.2) is 0 Å². The maximum atomic E-state index is 10.1. The minimum atomic E-state index is -5.25. The molecule has 0 aromatic carbocycles. The molecule has 27 heavy (non-hydrogen) atoms. The summed E-state index contributed by atoms with van der Waals surface area (Å²) in [7, 11) is -25.2. The van der Waals surface area contributed by atoms with E-state index in [2.05, 4.69) is 28.8 Å². The molecule has 0 bridgehead atoms. The largest absolute Gasteiger partial charge is 2.00 e. The summed E-state index contributed by atoms with van der Waals surface area (Å²) in [6.07, 6.45) is 1.47. The third-order valence-corrected chi connectivity index (χ3v) is 6.00. The Balaban J connectivity index is -0.0000000677. The van der Waals surface area contributed by atoms with Gasteiger partial charge >= 0.3 is 118 Å². The topological polar surface area (TPSA) is 278 Å². The fourth-order valence-corrected chi connectivity index (χ4v) is 3.74. The standard InChI is InChI=1S/CH3Cl.3Mg.2HO8P3/c1-2;;;;2*1-9(2)7-11(5,6)8-10(3)4/h1H3;;;;2*(H,5,6)/q;3*+2;;/p-2. The minimum Gasteiger partial charge on any atom is -0.750 e. The molecule has 0 aromatic heterocycles. The smallest absolute Gasteiger partial charge is 0.750 e. The minimum absolute atomic E-state index is 0. The molecule has 0 heterocycles. The average Bonchev–Trinajstić information content (AvgIpc) is 2.24. The second-order valence-electron chi connectivity index (χ2n) is 2.12. The fraction of sp³-hybridized carbons (Fsp3) is 1.00. The second-order valence-corrected chi connectivity index (χ2v) is 8.31. The van der Waals surface area contributed by atoms with Crippen LogP contribution in [-0.4, -0.2) is 75.5 Å². The normalized spacial score (nSPS) is 15.6. The Bertz CT molecular complexity index is 464. The number of rotatable bonds is 8. The van der Waals surface area contributed by atoms with E-state index >= 15 is 0 Å². The third-order valence-electron chi connectivity index (χ3n) is 0.667. The Morgan fingerprint density at radius 1 is 0.593 bits per heavy atom. The van der Waals surface area contributed by atoms with Gasteiger partial charge in [-0.05, 0) is 18.3 Å². The zero-order chi connectivity index (χ0) is 20.1. The Morgan fingerprint density at radius 3 is 0.778 bits per heavy atom. The van der Waals surface area contributed by atoms with Gasteiger partial charge in [0.05, 0.1) is 0 Å². The maximum absolute atomic E-state index is 10.1. The number of alkyl halides is 1. The van der Waals surface area contributed by atoms with Gasteiger partial charge in [0.1, 0.15) is 0 Å². The predicted molar refractivity (Wildman–Crippen MR) is 79.0 cm³/mol.